The Hall–Kier alpha value is -2.09. The van der Waals surface area contributed by atoms with Crippen molar-refractivity contribution in [3.8, 4) is 5.88 Å². The van der Waals surface area contributed by atoms with Crippen molar-refractivity contribution in [2.75, 3.05) is 13.1 Å². The van der Waals surface area contributed by atoms with Crippen molar-refractivity contribution in [1.29, 1.82) is 0 Å². The maximum atomic E-state index is 14.7. The highest BCUT2D eigenvalue weighted by Crippen LogP contribution is 2.60. The SMILES string of the molecule is CC(C)(C)OC(=O)N1C[C@@H]2C(c3nn(C4CC4)c4c(F)c(Cl)nc(O)c34)[C@@H]2C1. The number of piperidine rings is 1. The summed E-state index contributed by atoms with van der Waals surface area (Å²) in [6.07, 6.45) is 1.55. The molecule has 1 N–H and O–H groups in total. The van der Waals surface area contributed by atoms with Crippen LogP contribution in [-0.2, 0) is 4.74 Å². The van der Waals surface area contributed by atoms with E-state index in [0.29, 0.717) is 24.2 Å². The van der Waals surface area contributed by atoms with E-state index in [-0.39, 0.29) is 46.4 Å². The Morgan fingerprint density at radius 2 is 1.93 bits per heavy atom. The predicted octanol–water partition coefficient (Wildman–Crippen LogP) is 3.84. The van der Waals surface area contributed by atoms with Crippen LogP contribution in [0.15, 0.2) is 0 Å². The Kier molecular flexibility index (Phi) is 3.67. The highest BCUT2D eigenvalue weighted by atomic mass is 35.5. The second kappa shape index (κ2) is 5.72. The Morgan fingerprint density at radius 3 is 2.50 bits per heavy atom. The summed E-state index contributed by atoms with van der Waals surface area (Å²) < 4.78 is 21.8. The van der Waals surface area contributed by atoms with E-state index in [9.17, 15) is 14.3 Å². The topological polar surface area (TPSA) is 80.5 Å². The molecule has 5 rings (SSSR count). The van der Waals surface area contributed by atoms with Gasteiger partial charge in [0.05, 0.1) is 17.1 Å². The Bertz CT molecular complexity index is 985. The van der Waals surface area contributed by atoms with Crippen molar-refractivity contribution in [2.45, 2.75) is 51.2 Å². The number of aromatic hydroxyl groups is 1. The first-order chi connectivity index (χ1) is 13.2. The van der Waals surface area contributed by atoms with E-state index >= 15 is 0 Å². The molecule has 0 bridgehead atoms. The first kappa shape index (κ1) is 18.0. The van der Waals surface area contributed by atoms with Crippen molar-refractivity contribution in [2.24, 2.45) is 11.8 Å². The average molecular weight is 409 g/mol. The number of halogens is 2. The van der Waals surface area contributed by atoms with E-state index in [1.807, 2.05) is 20.8 Å². The lowest BCUT2D eigenvalue weighted by Gasteiger charge is -2.25. The van der Waals surface area contributed by atoms with Gasteiger partial charge in [-0.05, 0) is 45.4 Å². The summed E-state index contributed by atoms with van der Waals surface area (Å²) in [6.45, 7) is 6.68. The minimum Gasteiger partial charge on any atom is -0.493 e. The van der Waals surface area contributed by atoms with E-state index < -0.39 is 11.4 Å². The number of carbonyl (C=O) groups is 1. The third-order valence-electron chi connectivity index (χ3n) is 5.81. The number of carbonyl (C=O) groups excluding carboxylic acids is 1. The monoisotopic (exact) mass is 408 g/mol. The summed E-state index contributed by atoms with van der Waals surface area (Å²) in [5.41, 5.74) is 0.377. The fraction of sp³-hybridized carbons (Fsp3) is 0.632. The fourth-order valence-corrected chi connectivity index (χ4v) is 4.57. The van der Waals surface area contributed by atoms with Crippen LogP contribution < -0.4 is 0 Å². The summed E-state index contributed by atoms with van der Waals surface area (Å²) >= 11 is 5.85. The summed E-state index contributed by atoms with van der Waals surface area (Å²) in [4.78, 5) is 17.8. The standard InChI is InChI=1S/C19H22ClFN4O3/c1-19(2,3)28-18(27)24-6-9-10(7-24)11(9)14-12-15(25(23-14)8-4-5-8)13(21)16(20)22-17(12)26/h8-11H,4-7H2,1-3H3,(H,22,26)/t9-,10+,11?. The molecule has 3 aliphatic rings. The van der Waals surface area contributed by atoms with Crippen LogP contribution in [0.5, 0.6) is 5.88 Å². The van der Waals surface area contributed by atoms with Crippen LogP contribution in [0.1, 0.15) is 51.3 Å². The summed E-state index contributed by atoms with van der Waals surface area (Å²) in [5, 5.41) is 15.1. The van der Waals surface area contributed by atoms with Gasteiger partial charge in [-0.2, -0.15) is 10.1 Å². The molecule has 3 heterocycles. The number of nitrogens with zero attached hydrogens (tertiary/aromatic N) is 4. The minimum atomic E-state index is -0.638. The third kappa shape index (κ3) is 2.72. The molecule has 150 valence electrons. The Labute approximate surface area is 166 Å². The first-order valence-corrected chi connectivity index (χ1v) is 9.97. The van der Waals surface area contributed by atoms with Crippen LogP contribution in [0.25, 0.3) is 10.9 Å². The second-order valence-electron chi connectivity index (χ2n) is 9.06. The molecule has 1 amide bonds. The number of fused-ring (bicyclic) bond motifs is 2. The summed E-state index contributed by atoms with van der Waals surface area (Å²) in [6, 6.07) is 0.139. The fourth-order valence-electron chi connectivity index (χ4n) is 4.40. The molecule has 1 aliphatic heterocycles. The maximum Gasteiger partial charge on any atom is 0.410 e. The largest absolute Gasteiger partial charge is 0.493 e. The van der Waals surface area contributed by atoms with E-state index in [2.05, 4.69) is 10.1 Å². The lowest BCUT2D eigenvalue weighted by molar-refractivity contribution is 0.0270. The van der Waals surface area contributed by atoms with Crippen molar-refractivity contribution < 1.29 is 19.0 Å². The normalized spacial score (nSPS) is 26.6. The van der Waals surface area contributed by atoms with Crippen molar-refractivity contribution >= 4 is 28.6 Å². The highest BCUT2D eigenvalue weighted by Gasteiger charge is 2.59. The van der Waals surface area contributed by atoms with Gasteiger partial charge in [0.2, 0.25) is 5.88 Å². The highest BCUT2D eigenvalue weighted by molar-refractivity contribution is 6.30. The number of amides is 1. The quantitative estimate of drug-likeness (QED) is 0.763. The number of aromatic nitrogens is 3. The molecule has 28 heavy (non-hydrogen) atoms. The van der Waals surface area contributed by atoms with E-state index in [1.165, 1.54) is 0 Å². The Morgan fingerprint density at radius 1 is 1.29 bits per heavy atom. The minimum absolute atomic E-state index is 0.0782. The van der Waals surface area contributed by atoms with Gasteiger partial charge in [-0.25, -0.2) is 9.18 Å². The molecule has 0 radical (unpaired) electrons. The van der Waals surface area contributed by atoms with E-state index in [0.717, 1.165) is 12.8 Å². The van der Waals surface area contributed by atoms with Gasteiger partial charge in [-0.3, -0.25) is 4.68 Å². The molecular formula is C19H22ClFN4O3. The van der Waals surface area contributed by atoms with Crippen LogP contribution in [0.3, 0.4) is 0 Å². The van der Waals surface area contributed by atoms with Crippen molar-refractivity contribution in [3.63, 3.8) is 0 Å². The Balaban J connectivity index is 1.44. The van der Waals surface area contributed by atoms with Crippen LogP contribution >= 0.6 is 11.6 Å². The van der Waals surface area contributed by atoms with Crippen molar-refractivity contribution in [3.05, 3.63) is 16.7 Å². The van der Waals surface area contributed by atoms with Gasteiger partial charge in [-0.1, -0.05) is 11.6 Å². The molecule has 1 saturated heterocycles. The maximum absolute atomic E-state index is 14.7. The number of likely N-dealkylation sites (tertiary alicyclic amines) is 1. The van der Waals surface area contributed by atoms with Gasteiger partial charge in [0.15, 0.2) is 11.0 Å². The van der Waals surface area contributed by atoms with Gasteiger partial charge in [0, 0.05) is 19.0 Å². The predicted molar refractivity (Wildman–Crippen MR) is 100.0 cm³/mol. The molecule has 3 atom stereocenters. The number of pyridine rings is 1. The van der Waals surface area contributed by atoms with E-state index in [4.69, 9.17) is 16.3 Å². The van der Waals surface area contributed by atoms with Gasteiger partial charge in [-0.15, -0.1) is 0 Å². The van der Waals surface area contributed by atoms with Crippen molar-refractivity contribution in [1.82, 2.24) is 19.7 Å². The molecule has 9 heteroatoms. The molecule has 2 saturated carbocycles. The molecule has 1 unspecified atom stereocenters. The molecule has 2 aromatic heterocycles. The molecular weight excluding hydrogens is 387 g/mol. The van der Waals surface area contributed by atoms with Crippen LogP contribution in [0, 0.1) is 17.7 Å². The molecule has 2 aromatic rings. The van der Waals surface area contributed by atoms with Crippen LogP contribution in [-0.4, -0.2) is 49.6 Å². The number of rotatable bonds is 2. The van der Waals surface area contributed by atoms with Gasteiger partial charge < -0.3 is 14.7 Å². The molecule has 2 aliphatic carbocycles. The average Bonchev–Trinajstić information content (AvgIpc) is 3.47. The van der Waals surface area contributed by atoms with E-state index in [1.54, 1.807) is 9.58 Å². The molecule has 0 spiro atoms. The molecule has 7 nitrogen and oxygen atoms in total. The van der Waals surface area contributed by atoms with Gasteiger partial charge >= 0.3 is 6.09 Å². The zero-order chi connectivity index (χ0) is 20.0. The smallest absolute Gasteiger partial charge is 0.410 e. The number of ether oxygens (including phenoxy) is 1. The van der Waals surface area contributed by atoms with Crippen LogP contribution in [0.4, 0.5) is 9.18 Å². The zero-order valence-corrected chi connectivity index (χ0v) is 16.7. The lowest BCUT2D eigenvalue weighted by Crippen LogP contribution is -2.36. The zero-order valence-electron chi connectivity index (χ0n) is 15.9. The second-order valence-corrected chi connectivity index (χ2v) is 9.42. The summed E-state index contributed by atoms with van der Waals surface area (Å²) in [5.74, 6) is -0.374. The number of hydrogen-bond donors (Lipinski definition) is 1. The summed E-state index contributed by atoms with van der Waals surface area (Å²) in [7, 11) is 0. The first-order valence-electron chi connectivity index (χ1n) is 9.59. The van der Waals surface area contributed by atoms with Gasteiger partial charge in [0.1, 0.15) is 11.1 Å². The van der Waals surface area contributed by atoms with Crippen LogP contribution in [0.2, 0.25) is 5.15 Å². The molecule has 0 aromatic carbocycles. The third-order valence-corrected chi connectivity index (χ3v) is 6.06. The van der Waals surface area contributed by atoms with Gasteiger partial charge in [0.25, 0.3) is 0 Å². The molecule has 3 fully saturated rings. The number of hydrogen-bond acceptors (Lipinski definition) is 5. The lowest BCUT2D eigenvalue weighted by atomic mass is 10.1.